The Bertz CT molecular complexity index is 1120. The Morgan fingerprint density at radius 3 is 2.33 bits per heavy atom. The van der Waals surface area contributed by atoms with Crippen molar-refractivity contribution in [1.82, 2.24) is 14.1 Å². The van der Waals surface area contributed by atoms with Crippen LogP contribution in [0.4, 0.5) is 5.69 Å². The minimum absolute atomic E-state index is 0.0758. The second-order valence-electron chi connectivity index (χ2n) is 8.39. The SMILES string of the molecule is CCc1ccccc1NC(=O)CN1CCN(C(=O)c2cc(S(=O)(=O)N(C)C)ccc2C)CC1. The largest absolute Gasteiger partial charge is 0.336 e. The van der Waals surface area contributed by atoms with E-state index in [1.54, 1.807) is 17.9 Å². The minimum Gasteiger partial charge on any atom is -0.336 e. The Morgan fingerprint density at radius 2 is 1.70 bits per heavy atom. The van der Waals surface area contributed by atoms with Crippen molar-refractivity contribution in [2.45, 2.75) is 25.2 Å². The zero-order valence-electron chi connectivity index (χ0n) is 19.7. The molecule has 0 saturated carbocycles. The number of hydrogen-bond donors (Lipinski definition) is 1. The van der Waals surface area contributed by atoms with E-state index in [0.29, 0.717) is 31.7 Å². The average molecular weight is 473 g/mol. The van der Waals surface area contributed by atoms with Crippen LogP contribution in [0.1, 0.15) is 28.4 Å². The van der Waals surface area contributed by atoms with E-state index in [9.17, 15) is 18.0 Å². The van der Waals surface area contributed by atoms with Crippen LogP contribution in [0.5, 0.6) is 0 Å². The molecule has 0 aromatic heterocycles. The highest BCUT2D eigenvalue weighted by Gasteiger charge is 2.26. The van der Waals surface area contributed by atoms with Gasteiger partial charge >= 0.3 is 0 Å². The van der Waals surface area contributed by atoms with Gasteiger partial charge in [-0.2, -0.15) is 0 Å². The van der Waals surface area contributed by atoms with Crippen molar-refractivity contribution in [2.75, 3.05) is 52.1 Å². The van der Waals surface area contributed by atoms with Gasteiger partial charge in [-0.1, -0.05) is 31.2 Å². The van der Waals surface area contributed by atoms with Crippen LogP contribution >= 0.6 is 0 Å². The van der Waals surface area contributed by atoms with Crippen LogP contribution in [0.2, 0.25) is 0 Å². The predicted molar refractivity (Wildman–Crippen MR) is 129 cm³/mol. The van der Waals surface area contributed by atoms with E-state index >= 15 is 0 Å². The molecule has 33 heavy (non-hydrogen) atoms. The summed E-state index contributed by atoms with van der Waals surface area (Å²) in [6, 6.07) is 12.4. The number of anilines is 1. The number of amides is 2. The maximum atomic E-state index is 13.1. The standard InChI is InChI=1S/C24H32N4O4S/c1-5-19-8-6-7-9-22(19)25-23(29)17-27-12-14-28(15-13-27)24(30)21-16-20(11-10-18(21)2)33(31,32)26(3)4/h6-11,16H,5,12-15,17H2,1-4H3,(H,25,29). The van der Waals surface area contributed by atoms with Gasteiger partial charge in [-0.05, 0) is 42.7 Å². The predicted octanol–water partition coefficient (Wildman–Crippen LogP) is 2.20. The summed E-state index contributed by atoms with van der Waals surface area (Å²) in [5, 5.41) is 2.98. The van der Waals surface area contributed by atoms with Gasteiger partial charge in [0.25, 0.3) is 5.91 Å². The molecule has 2 amide bonds. The first-order valence-corrected chi connectivity index (χ1v) is 12.5. The molecular weight excluding hydrogens is 440 g/mol. The minimum atomic E-state index is -3.62. The molecule has 0 bridgehead atoms. The lowest BCUT2D eigenvalue weighted by Gasteiger charge is -2.34. The van der Waals surface area contributed by atoms with E-state index in [1.165, 1.54) is 26.2 Å². The zero-order valence-corrected chi connectivity index (χ0v) is 20.5. The van der Waals surface area contributed by atoms with Crippen LogP contribution in [0.25, 0.3) is 0 Å². The fourth-order valence-electron chi connectivity index (χ4n) is 3.83. The van der Waals surface area contributed by atoms with E-state index in [0.717, 1.165) is 27.5 Å². The molecule has 2 aromatic carbocycles. The normalized spacial score (nSPS) is 15.0. The van der Waals surface area contributed by atoms with Crippen molar-refractivity contribution in [3.05, 3.63) is 59.2 Å². The highest BCUT2D eigenvalue weighted by Crippen LogP contribution is 2.20. The summed E-state index contributed by atoms with van der Waals surface area (Å²) in [5.74, 6) is -0.266. The lowest BCUT2D eigenvalue weighted by Crippen LogP contribution is -2.50. The summed E-state index contributed by atoms with van der Waals surface area (Å²) in [4.78, 5) is 29.5. The molecule has 1 N–H and O–H groups in total. The topological polar surface area (TPSA) is 90.0 Å². The van der Waals surface area contributed by atoms with Gasteiger partial charge in [0.2, 0.25) is 15.9 Å². The zero-order chi connectivity index (χ0) is 24.2. The number of hydrogen-bond acceptors (Lipinski definition) is 5. The first kappa shape index (κ1) is 24.9. The molecule has 0 atom stereocenters. The Balaban J connectivity index is 1.61. The van der Waals surface area contributed by atoms with Crippen molar-refractivity contribution >= 4 is 27.5 Å². The Morgan fingerprint density at radius 1 is 1.03 bits per heavy atom. The first-order chi connectivity index (χ1) is 15.6. The molecule has 3 rings (SSSR count). The molecule has 9 heteroatoms. The van der Waals surface area contributed by atoms with Crippen LogP contribution in [-0.4, -0.2) is 81.2 Å². The molecule has 0 aliphatic carbocycles. The van der Waals surface area contributed by atoms with Gasteiger partial charge in [0.15, 0.2) is 0 Å². The number of rotatable bonds is 7. The van der Waals surface area contributed by atoms with Crippen molar-refractivity contribution in [3.8, 4) is 0 Å². The van der Waals surface area contributed by atoms with Gasteiger partial charge in [0.05, 0.1) is 11.4 Å². The number of carbonyl (C=O) groups is 2. The highest BCUT2D eigenvalue weighted by molar-refractivity contribution is 7.89. The average Bonchev–Trinajstić information content (AvgIpc) is 2.79. The molecule has 0 unspecified atom stereocenters. The summed E-state index contributed by atoms with van der Waals surface area (Å²) in [5.41, 5.74) is 3.05. The van der Waals surface area contributed by atoms with Crippen LogP contribution in [-0.2, 0) is 21.2 Å². The summed E-state index contributed by atoms with van der Waals surface area (Å²) in [6.07, 6.45) is 0.841. The first-order valence-electron chi connectivity index (χ1n) is 11.1. The lowest BCUT2D eigenvalue weighted by atomic mass is 10.1. The Hall–Kier alpha value is -2.75. The van der Waals surface area contributed by atoms with Crippen LogP contribution in [0, 0.1) is 6.92 Å². The van der Waals surface area contributed by atoms with Gasteiger partial charge in [-0.25, -0.2) is 12.7 Å². The second kappa shape index (κ2) is 10.5. The highest BCUT2D eigenvalue weighted by atomic mass is 32.2. The Labute approximate surface area is 196 Å². The molecule has 1 aliphatic rings. The smallest absolute Gasteiger partial charge is 0.254 e. The maximum absolute atomic E-state index is 13.1. The third kappa shape index (κ3) is 5.79. The maximum Gasteiger partial charge on any atom is 0.254 e. The van der Waals surface area contributed by atoms with E-state index in [1.807, 2.05) is 29.2 Å². The molecular formula is C24H32N4O4S. The molecule has 1 heterocycles. The number of aryl methyl sites for hydroxylation is 2. The quantitative estimate of drug-likeness (QED) is 0.667. The summed E-state index contributed by atoms with van der Waals surface area (Å²) in [6.45, 7) is 6.20. The molecule has 8 nitrogen and oxygen atoms in total. The third-order valence-corrected chi connectivity index (χ3v) is 7.73. The van der Waals surface area contributed by atoms with Crippen molar-refractivity contribution in [2.24, 2.45) is 0 Å². The monoisotopic (exact) mass is 472 g/mol. The number of piperazine rings is 1. The molecule has 1 aliphatic heterocycles. The van der Waals surface area contributed by atoms with Crippen LogP contribution in [0.3, 0.4) is 0 Å². The summed E-state index contributed by atoms with van der Waals surface area (Å²) >= 11 is 0. The molecule has 0 radical (unpaired) electrons. The molecule has 178 valence electrons. The van der Waals surface area contributed by atoms with E-state index in [-0.39, 0.29) is 23.3 Å². The van der Waals surface area contributed by atoms with Crippen molar-refractivity contribution in [1.29, 1.82) is 0 Å². The number of nitrogens with zero attached hydrogens (tertiary/aromatic N) is 3. The molecule has 1 fully saturated rings. The molecule has 2 aromatic rings. The van der Waals surface area contributed by atoms with E-state index in [2.05, 4.69) is 12.2 Å². The number of sulfonamides is 1. The second-order valence-corrected chi connectivity index (χ2v) is 10.5. The van der Waals surface area contributed by atoms with Crippen molar-refractivity contribution < 1.29 is 18.0 Å². The van der Waals surface area contributed by atoms with Gasteiger partial charge in [0, 0.05) is 51.5 Å². The van der Waals surface area contributed by atoms with Gasteiger partial charge in [-0.3, -0.25) is 14.5 Å². The number of benzene rings is 2. The number of nitrogens with one attached hydrogen (secondary N) is 1. The molecule has 1 saturated heterocycles. The third-order valence-electron chi connectivity index (χ3n) is 5.92. The fraction of sp³-hybridized carbons (Fsp3) is 0.417. The Kier molecular flexibility index (Phi) is 7.88. The summed E-state index contributed by atoms with van der Waals surface area (Å²) < 4.78 is 26.1. The van der Waals surface area contributed by atoms with Gasteiger partial charge < -0.3 is 10.2 Å². The summed E-state index contributed by atoms with van der Waals surface area (Å²) in [7, 11) is -0.693. The van der Waals surface area contributed by atoms with E-state index < -0.39 is 10.0 Å². The van der Waals surface area contributed by atoms with Crippen LogP contribution < -0.4 is 5.32 Å². The van der Waals surface area contributed by atoms with E-state index in [4.69, 9.17) is 0 Å². The lowest BCUT2D eigenvalue weighted by molar-refractivity contribution is -0.117. The van der Waals surface area contributed by atoms with Crippen molar-refractivity contribution in [3.63, 3.8) is 0 Å². The van der Waals surface area contributed by atoms with Crippen LogP contribution in [0.15, 0.2) is 47.4 Å². The fourth-order valence-corrected chi connectivity index (χ4v) is 4.75. The number of carbonyl (C=O) groups excluding carboxylic acids is 2. The molecule has 0 spiro atoms. The van der Waals surface area contributed by atoms with Gasteiger partial charge in [-0.15, -0.1) is 0 Å². The number of para-hydroxylation sites is 1. The van der Waals surface area contributed by atoms with Gasteiger partial charge in [0.1, 0.15) is 0 Å².